The second-order valence-corrected chi connectivity index (χ2v) is 5.59. The van der Waals surface area contributed by atoms with E-state index in [1.54, 1.807) is 7.05 Å². The van der Waals surface area contributed by atoms with Crippen LogP contribution >= 0.6 is 0 Å². The zero-order chi connectivity index (χ0) is 18.7. The molecule has 0 fully saturated rings. The van der Waals surface area contributed by atoms with Crippen LogP contribution in [-0.2, 0) is 0 Å². The van der Waals surface area contributed by atoms with Gasteiger partial charge >= 0.3 is 0 Å². The average molecular weight is 358 g/mol. The van der Waals surface area contributed by atoms with Gasteiger partial charge < -0.3 is 9.64 Å². The number of carbonyl (C=O) groups is 1. The number of aromatic amines is 1. The zero-order valence-corrected chi connectivity index (χ0v) is 13.8. The molecule has 3 rings (SSSR count). The summed E-state index contributed by atoms with van der Waals surface area (Å²) in [6.45, 7) is 0.468. The summed E-state index contributed by atoms with van der Waals surface area (Å²) < 4.78 is 18.3. The number of amides is 1. The molecule has 0 atom stereocenters. The van der Waals surface area contributed by atoms with E-state index in [1.807, 2.05) is 0 Å². The molecule has 0 saturated carbocycles. The van der Waals surface area contributed by atoms with Crippen LogP contribution < -0.4 is 4.74 Å². The van der Waals surface area contributed by atoms with Crippen LogP contribution in [0.1, 0.15) is 10.5 Å². The summed E-state index contributed by atoms with van der Waals surface area (Å²) in [7, 11) is 1.58. The number of rotatable bonds is 6. The normalized spacial score (nSPS) is 10.7. The van der Waals surface area contributed by atoms with Crippen LogP contribution in [0, 0.1) is 15.9 Å². The Morgan fingerprint density at radius 1 is 1.31 bits per heavy atom. The lowest BCUT2D eigenvalue weighted by Gasteiger charge is -2.16. The van der Waals surface area contributed by atoms with Gasteiger partial charge in [-0.05, 0) is 30.3 Å². The standard InChI is InChI=1S/C17H15FN4O4/c1-21(8-9-26-13-5-2-11(18)3-6-13)17(23)16-14-10-12(22(24)25)4-7-15(14)19-20-16/h2-7,10H,8-9H2,1H3,(H,19,20). The molecule has 26 heavy (non-hydrogen) atoms. The van der Waals surface area contributed by atoms with Crippen LogP contribution in [0.15, 0.2) is 42.5 Å². The molecule has 0 saturated heterocycles. The number of hydrogen-bond donors (Lipinski definition) is 1. The monoisotopic (exact) mass is 358 g/mol. The summed E-state index contributed by atoms with van der Waals surface area (Å²) in [5.41, 5.74) is 0.526. The Morgan fingerprint density at radius 2 is 2.04 bits per heavy atom. The summed E-state index contributed by atoms with van der Waals surface area (Å²) in [6.07, 6.45) is 0. The molecular formula is C17H15FN4O4. The number of non-ortho nitro benzene ring substituents is 1. The van der Waals surface area contributed by atoms with Crippen molar-refractivity contribution in [2.24, 2.45) is 0 Å². The molecule has 0 bridgehead atoms. The number of carbonyl (C=O) groups excluding carboxylic acids is 1. The molecule has 1 aromatic heterocycles. The van der Waals surface area contributed by atoms with Gasteiger partial charge in [0.25, 0.3) is 11.6 Å². The lowest BCUT2D eigenvalue weighted by Crippen LogP contribution is -2.31. The molecule has 0 radical (unpaired) electrons. The number of nitro groups is 1. The van der Waals surface area contributed by atoms with E-state index in [0.717, 1.165) is 0 Å². The molecule has 1 amide bonds. The number of likely N-dealkylation sites (N-methyl/N-ethyl adjacent to an activating group) is 1. The highest BCUT2D eigenvalue weighted by molar-refractivity contribution is 6.05. The Hall–Kier alpha value is -3.49. The largest absolute Gasteiger partial charge is 0.492 e. The van der Waals surface area contributed by atoms with Gasteiger partial charge in [-0.3, -0.25) is 20.0 Å². The van der Waals surface area contributed by atoms with Gasteiger partial charge in [-0.1, -0.05) is 0 Å². The van der Waals surface area contributed by atoms with E-state index < -0.39 is 4.92 Å². The van der Waals surface area contributed by atoms with Crippen LogP contribution in [0.25, 0.3) is 10.9 Å². The molecule has 2 aromatic carbocycles. The molecule has 0 aliphatic carbocycles. The van der Waals surface area contributed by atoms with Crippen LogP contribution in [0.2, 0.25) is 0 Å². The van der Waals surface area contributed by atoms with E-state index in [4.69, 9.17) is 4.74 Å². The predicted octanol–water partition coefficient (Wildman–Crippen LogP) is 2.76. The highest BCUT2D eigenvalue weighted by atomic mass is 19.1. The van der Waals surface area contributed by atoms with Crippen molar-refractivity contribution in [3.8, 4) is 5.75 Å². The maximum Gasteiger partial charge on any atom is 0.274 e. The van der Waals surface area contributed by atoms with Gasteiger partial charge in [0.15, 0.2) is 5.69 Å². The summed E-state index contributed by atoms with van der Waals surface area (Å²) in [4.78, 5) is 24.3. The van der Waals surface area contributed by atoms with Crippen molar-refractivity contribution in [1.29, 1.82) is 0 Å². The molecule has 0 aliphatic rings. The number of nitro benzene ring substituents is 1. The van der Waals surface area contributed by atoms with E-state index in [9.17, 15) is 19.3 Å². The molecule has 0 aliphatic heterocycles. The van der Waals surface area contributed by atoms with Gasteiger partial charge in [0.05, 0.1) is 17.0 Å². The lowest BCUT2D eigenvalue weighted by molar-refractivity contribution is -0.384. The van der Waals surface area contributed by atoms with E-state index in [0.29, 0.717) is 16.7 Å². The maximum atomic E-state index is 12.8. The molecule has 8 nitrogen and oxygen atoms in total. The van der Waals surface area contributed by atoms with Gasteiger partial charge in [0, 0.05) is 24.6 Å². The lowest BCUT2D eigenvalue weighted by atomic mass is 10.2. The van der Waals surface area contributed by atoms with Crippen LogP contribution in [0.4, 0.5) is 10.1 Å². The second kappa shape index (κ2) is 7.18. The van der Waals surface area contributed by atoms with Gasteiger partial charge in [0.2, 0.25) is 0 Å². The first-order valence-electron chi connectivity index (χ1n) is 7.72. The quantitative estimate of drug-likeness (QED) is 0.539. The van der Waals surface area contributed by atoms with Crippen molar-refractivity contribution in [2.45, 2.75) is 0 Å². The van der Waals surface area contributed by atoms with Gasteiger partial charge in [-0.2, -0.15) is 5.10 Å². The van der Waals surface area contributed by atoms with E-state index in [2.05, 4.69) is 10.2 Å². The van der Waals surface area contributed by atoms with E-state index >= 15 is 0 Å². The summed E-state index contributed by atoms with van der Waals surface area (Å²) >= 11 is 0. The van der Waals surface area contributed by atoms with Gasteiger partial charge in [0.1, 0.15) is 18.2 Å². The first kappa shape index (κ1) is 17.3. The third-order valence-electron chi connectivity index (χ3n) is 3.82. The fourth-order valence-corrected chi connectivity index (χ4v) is 2.39. The van der Waals surface area contributed by atoms with E-state index in [-0.39, 0.29) is 36.3 Å². The van der Waals surface area contributed by atoms with Crippen molar-refractivity contribution in [3.05, 3.63) is 64.1 Å². The van der Waals surface area contributed by atoms with Crippen LogP contribution in [0.3, 0.4) is 0 Å². The van der Waals surface area contributed by atoms with Gasteiger partial charge in [-0.25, -0.2) is 4.39 Å². The Labute approximate surface area is 147 Å². The summed E-state index contributed by atoms with van der Waals surface area (Å²) in [5, 5.41) is 18.0. The minimum absolute atomic E-state index is 0.105. The number of nitrogens with one attached hydrogen (secondary N) is 1. The second-order valence-electron chi connectivity index (χ2n) is 5.59. The minimum atomic E-state index is -0.527. The molecule has 0 unspecified atom stereocenters. The topological polar surface area (TPSA) is 101 Å². The molecule has 9 heteroatoms. The molecule has 1 N–H and O–H groups in total. The van der Waals surface area contributed by atoms with Crippen molar-refractivity contribution in [3.63, 3.8) is 0 Å². The van der Waals surface area contributed by atoms with Crippen LogP contribution in [0.5, 0.6) is 5.75 Å². The Morgan fingerprint density at radius 3 is 2.73 bits per heavy atom. The minimum Gasteiger partial charge on any atom is -0.492 e. The van der Waals surface area contributed by atoms with E-state index in [1.165, 1.54) is 47.4 Å². The van der Waals surface area contributed by atoms with Crippen molar-refractivity contribution >= 4 is 22.5 Å². The number of halogens is 1. The predicted molar refractivity (Wildman–Crippen MR) is 91.6 cm³/mol. The number of benzene rings is 2. The van der Waals surface area contributed by atoms with Gasteiger partial charge in [-0.15, -0.1) is 0 Å². The highest BCUT2D eigenvalue weighted by Gasteiger charge is 2.20. The zero-order valence-electron chi connectivity index (χ0n) is 13.8. The third kappa shape index (κ3) is 3.61. The number of H-pyrrole nitrogens is 1. The van der Waals surface area contributed by atoms with Crippen molar-refractivity contribution in [2.75, 3.05) is 20.2 Å². The fraction of sp³-hybridized carbons (Fsp3) is 0.176. The molecule has 1 heterocycles. The Bertz CT molecular complexity index is 955. The average Bonchev–Trinajstić information content (AvgIpc) is 3.05. The van der Waals surface area contributed by atoms with Crippen molar-refractivity contribution in [1.82, 2.24) is 15.1 Å². The number of hydrogen-bond acceptors (Lipinski definition) is 5. The first-order valence-corrected chi connectivity index (χ1v) is 7.72. The SMILES string of the molecule is CN(CCOc1ccc(F)cc1)C(=O)c1n[nH]c2ccc([N+](=O)[O-])cc12. The number of nitrogens with zero attached hydrogens (tertiary/aromatic N) is 3. The maximum absolute atomic E-state index is 12.8. The fourth-order valence-electron chi connectivity index (χ4n) is 2.39. The van der Waals surface area contributed by atoms with Crippen LogP contribution in [-0.4, -0.2) is 46.1 Å². The Kier molecular flexibility index (Phi) is 4.78. The smallest absolute Gasteiger partial charge is 0.274 e. The Balaban J connectivity index is 1.68. The highest BCUT2D eigenvalue weighted by Crippen LogP contribution is 2.22. The third-order valence-corrected chi connectivity index (χ3v) is 3.82. The number of ether oxygens (including phenoxy) is 1. The summed E-state index contributed by atoms with van der Waals surface area (Å²) in [6, 6.07) is 9.73. The number of aromatic nitrogens is 2. The van der Waals surface area contributed by atoms with Crippen molar-refractivity contribution < 1.29 is 18.8 Å². The summed E-state index contributed by atoms with van der Waals surface area (Å²) in [5.74, 6) is -0.253. The number of fused-ring (bicyclic) bond motifs is 1. The molecule has 134 valence electrons. The molecule has 0 spiro atoms. The molecular weight excluding hydrogens is 343 g/mol. The molecule has 3 aromatic rings. The first-order chi connectivity index (χ1) is 12.5.